The van der Waals surface area contributed by atoms with E-state index in [1.54, 1.807) is 25.1 Å². The molecule has 1 unspecified atom stereocenters. The Morgan fingerprint density at radius 3 is 2.58 bits per heavy atom. The summed E-state index contributed by atoms with van der Waals surface area (Å²) >= 11 is 6.01. The van der Waals surface area contributed by atoms with Crippen LogP contribution in [0.15, 0.2) is 36.4 Å². The highest BCUT2D eigenvalue weighted by Crippen LogP contribution is 2.28. The summed E-state index contributed by atoms with van der Waals surface area (Å²) in [5.74, 6) is -0.634. The quantitative estimate of drug-likeness (QED) is 0.825. The van der Waals surface area contributed by atoms with Gasteiger partial charge in [-0.3, -0.25) is 0 Å². The van der Waals surface area contributed by atoms with Gasteiger partial charge in [-0.25, -0.2) is 8.78 Å². The summed E-state index contributed by atoms with van der Waals surface area (Å²) in [5.41, 5.74) is 2.02. The fraction of sp³-hybridized carbons (Fsp3) is 0.200. The Bertz CT molecular complexity index is 599. The standard InChI is InChI=1S/C15H14ClF2N/c1-9-14(18)4-3-5-15(9)19-10(2)12-7-6-11(17)8-13(12)16/h3-8,10,19H,1-2H3. The molecule has 0 bridgehead atoms. The summed E-state index contributed by atoms with van der Waals surface area (Å²) in [4.78, 5) is 0. The first kappa shape index (κ1) is 13.8. The SMILES string of the molecule is Cc1c(F)cccc1NC(C)c1ccc(F)cc1Cl. The number of benzene rings is 2. The van der Waals surface area contributed by atoms with Gasteiger partial charge >= 0.3 is 0 Å². The molecule has 2 aromatic carbocycles. The molecule has 0 saturated carbocycles. The van der Waals surface area contributed by atoms with Crippen LogP contribution in [0.5, 0.6) is 0 Å². The van der Waals surface area contributed by atoms with Gasteiger partial charge in [0.05, 0.1) is 6.04 Å². The third kappa shape index (κ3) is 3.04. The van der Waals surface area contributed by atoms with Crippen molar-refractivity contribution in [1.29, 1.82) is 0 Å². The predicted octanol–water partition coefficient (Wildman–Crippen LogP) is 5.10. The van der Waals surface area contributed by atoms with Crippen LogP contribution in [0.4, 0.5) is 14.5 Å². The Hall–Kier alpha value is -1.61. The molecule has 2 rings (SSSR count). The maximum absolute atomic E-state index is 13.4. The van der Waals surface area contributed by atoms with Crippen LogP contribution >= 0.6 is 11.6 Å². The molecule has 0 heterocycles. The summed E-state index contributed by atoms with van der Waals surface area (Å²) in [6.45, 7) is 3.60. The Morgan fingerprint density at radius 1 is 1.16 bits per heavy atom. The van der Waals surface area contributed by atoms with E-state index < -0.39 is 0 Å². The molecule has 0 radical (unpaired) electrons. The largest absolute Gasteiger partial charge is 0.378 e. The van der Waals surface area contributed by atoms with Crippen molar-refractivity contribution in [2.75, 3.05) is 5.32 Å². The van der Waals surface area contributed by atoms with E-state index in [2.05, 4.69) is 5.32 Å². The van der Waals surface area contributed by atoms with Crippen LogP contribution in [-0.4, -0.2) is 0 Å². The lowest BCUT2D eigenvalue weighted by Gasteiger charge is -2.18. The van der Waals surface area contributed by atoms with E-state index in [9.17, 15) is 8.78 Å². The minimum Gasteiger partial charge on any atom is -0.378 e. The van der Waals surface area contributed by atoms with Crippen molar-refractivity contribution < 1.29 is 8.78 Å². The predicted molar refractivity (Wildman–Crippen MR) is 74.6 cm³/mol. The Morgan fingerprint density at radius 2 is 1.89 bits per heavy atom. The minimum absolute atomic E-state index is 0.145. The summed E-state index contributed by atoms with van der Waals surface area (Å²) in [5, 5.41) is 3.54. The molecule has 100 valence electrons. The highest BCUT2D eigenvalue weighted by Gasteiger charge is 2.12. The molecular formula is C15H14ClF2N. The lowest BCUT2D eigenvalue weighted by atomic mass is 10.1. The molecule has 19 heavy (non-hydrogen) atoms. The lowest BCUT2D eigenvalue weighted by molar-refractivity contribution is 0.618. The van der Waals surface area contributed by atoms with E-state index in [-0.39, 0.29) is 17.7 Å². The maximum Gasteiger partial charge on any atom is 0.128 e. The number of halogens is 3. The number of hydrogen-bond acceptors (Lipinski definition) is 1. The normalized spacial score (nSPS) is 12.3. The number of hydrogen-bond donors (Lipinski definition) is 1. The third-order valence-corrected chi connectivity index (χ3v) is 3.40. The molecule has 2 aromatic rings. The highest BCUT2D eigenvalue weighted by atomic mass is 35.5. The molecule has 0 aliphatic heterocycles. The summed E-state index contributed by atoms with van der Waals surface area (Å²) in [6, 6.07) is 8.97. The molecule has 1 atom stereocenters. The molecule has 1 N–H and O–H groups in total. The van der Waals surface area contributed by atoms with Crippen LogP contribution in [-0.2, 0) is 0 Å². The van der Waals surface area contributed by atoms with Gasteiger partial charge in [0.2, 0.25) is 0 Å². The summed E-state index contributed by atoms with van der Waals surface area (Å²) < 4.78 is 26.4. The van der Waals surface area contributed by atoms with E-state index >= 15 is 0 Å². The van der Waals surface area contributed by atoms with Gasteiger partial charge in [0, 0.05) is 16.3 Å². The van der Waals surface area contributed by atoms with E-state index in [0.717, 1.165) is 5.56 Å². The van der Waals surface area contributed by atoms with Gasteiger partial charge in [0.1, 0.15) is 11.6 Å². The van der Waals surface area contributed by atoms with Crippen molar-refractivity contribution in [3.63, 3.8) is 0 Å². The number of rotatable bonds is 3. The molecule has 0 spiro atoms. The van der Waals surface area contributed by atoms with Crippen LogP contribution in [0.1, 0.15) is 24.1 Å². The topological polar surface area (TPSA) is 12.0 Å². The molecule has 0 aliphatic carbocycles. The average Bonchev–Trinajstić information content (AvgIpc) is 2.34. The van der Waals surface area contributed by atoms with Gasteiger partial charge in [-0.15, -0.1) is 0 Å². The fourth-order valence-corrected chi connectivity index (χ4v) is 2.26. The van der Waals surface area contributed by atoms with Crippen LogP contribution in [0.2, 0.25) is 5.02 Å². The monoisotopic (exact) mass is 281 g/mol. The molecule has 0 aliphatic rings. The summed E-state index contributed by atoms with van der Waals surface area (Å²) in [7, 11) is 0. The van der Waals surface area contributed by atoms with Gasteiger partial charge in [0.15, 0.2) is 0 Å². The fourth-order valence-electron chi connectivity index (χ4n) is 1.93. The molecule has 1 nitrogen and oxygen atoms in total. The van der Waals surface area contributed by atoms with Crippen molar-refractivity contribution in [1.82, 2.24) is 0 Å². The second kappa shape index (κ2) is 5.57. The zero-order valence-corrected chi connectivity index (χ0v) is 11.4. The van der Waals surface area contributed by atoms with Gasteiger partial charge in [-0.1, -0.05) is 23.7 Å². The van der Waals surface area contributed by atoms with Crippen molar-refractivity contribution in [3.8, 4) is 0 Å². The Kier molecular flexibility index (Phi) is 4.05. The molecule has 0 fully saturated rings. The van der Waals surface area contributed by atoms with E-state index in [1.807, 2.05) is 6.92 Å². The van der Waals surface area contributed by atoms with Gasteiger partial charge in [0.25, 0.3) is 0 Å². The van der Waals surface area contributed by atoms with Crippen molar-refractivity contribution in [2.24, 2.45) is 0 Å². The second-order valence-corrected chi connectivity index (χ2v) is 4.85. The smallest absolute Gasteiger partial charge is 0.128 e. The third-order valence-electron chi connectivity index (χ3n) is 3.07. The molecule has 0 amide bonds. The van der Waals surface area contributed by atoms with Crippen molar-refractivity contribution >= 4 is 17.3 Å². The molecule has 0 aromatic heterocycles. The van der Waals surface area contributed by atoms with Crippen LogP contribution in [0.25, 0.3) is 0 Å². The second-order valence-electron chi connectivity index (χ2n) is 4.44. The first-order chi connectivity index (χ1) is 8.99. The van der Waals surface area contributed by atoms with Crippen molar-refractivity contribution in [3.05, 3.63) is 64.2 Å². The number of anilines is 1. The van der Waals surface area contributed by atoms with Crippen molar-refractivity contribution in [2.45, 2.75) is 19.9 Å². The lowest BCUT2D eigenvalue weighted by Crippen LogP contribution is -2.09. The first-order valence-electron chi connectivity index (χ1n) is 5.95. The molecular weight excluding hydrogens is 268 g/mol. The van der Waals surface area contributed by atoms with Crippen LogP contribution in [0, 0.1) is 18.6 Å². The Labute approximate surface area is 116 Å². The van der Waals surface area contributed by atoms with E-state index in [0.29, 0.717) is 16.3 Å². The van der Waals surface area contributed by atoms with Crippen LogP contribution < -0.4 is 5.32 Å². The number of nitrogens with one attached hydrogen (secondary N) is 1. The average molecular weight is 282 g/mol. The molecule has 4 heteroatoms. The Balaban J connectivity index is 2.25. The van der Waals surface area contributed by atoms with Gasteiger partial charge in [-0.05, 0) is 43.7 Å². The molecule has 0 saturated heterocycles. The maximum atomic E-state index is 13.4. The zero-order valence-electron chi connectivity index (χ0n) is 10.7. The van der Waals surface area contributed by atoms with E-state index in [1.165, 1.54) is 18.2 Å². The minimum atomic E-state index is -0.372. The van der Waals surface area contributed by atoms with Crippen LogP contribution in [0.3, 0.4) is 0 Å². The summed E-state index contributed by atoms with van der Waals surface area (Å²) in [6.07, 6.45) is 0. The van der Waals surface area contributed by atoms with Gasteiger partial charge < -0.3 is 5.32 Å². The van der Waals surface area contributed by atoms with Gasteiger partial charge in [-0.2, -0.15) is 0 Å². The zero-order chi connectivity index (χ0) is 14.0. The highest BCUT2D eigenvalue weighted by molar-refractivity contribution is 6.31. The first-order valence-corrected chi connectivity index (χ1v) is 6.33. The van der Waals surface area contributed by atoms with E-state index in [4.69, 9.17) is 11.6 Å².